The van der Waals surface area contributed by atoms with E-state index in [0.717, 1.165) is 16.3 Å². The van der Waals surface area contributed by atoms with E-state index in [1.54, 1.807) is 0 Å². The van der Waals surface area contributed by atoms with Crippen molar-refractivity contribution in [1.29, 1.82) is 0 Å². The standard InChI is InChI=1S/C15H17N5O/c1-9(16-10(2)15-17-19-20-18-15)12-8-7-11-5-3-4-6-13(11)14(12)21/h3-10,16,21H,1-2H3,(H,17,18,19,20). The minimum absolute atomic E-state index is 0.0388. The van der Waals surface area contributed by atoms with Crippen molar-refractivity contribution in [1.82, 2.24) is 25.9 Å². The van der Waals surface area contributed by atoms with Crippen molar-refractivity contribution in [3.05, 3.63) is 47.8 Å². The Morgan fingerprint density at radius 2 is 1.90 bits per heavy atom. The molecule has 6 heteroatoms. The summed E-state index contributed by atoms with van der Waals surface area (Å²) < 4.78 is 0. The lowest BCUT2D eigenvalue weighted by Crippen LogP contribution is -2.23. The van der Waals surface area contributed by atoms with Crippen LogP contribution in [0.25, 0.3) is 10.8 Å². The lowest BCUT2D eigenvalue weighted by Gasteiger charge is -2.19. The second-order valence-electron chi connectivity index (χ2n) is 5.10. The number of nitrogens with one attached hydrogen (secondary N) is 2. The van der Waals surface area contributed by atoms with Crippen molar-refractivity contribution in [2.24, 2.45) is 0 Å². The van der Waals surface area contributed by atoms with Gasteiger partial charge in [0.1, 0.15) is 5.75 Å². The first-order valence-electron chi connectivity index (χ1n) is 6.87. The summed E-state index contributed by atoms with van der Waals surface area (Å²) in [6, 6.07) is 11.6. The molecule has 0 aliphatic carbocycles. The number of aromatic hydroxyl groups is 1. The molecule has 0 aliphatic heterocycles. The van der Waals surface area contributed by atoms with Crippen LogP contribution in [0.2, 0.25) is 0 Å². The van der Waals surface area contributed by atoms with Gasteiger partial charge in [-0.05, 0) is 19.2 Å². The molecule has 0 aliphatic rings. The van der Waals surface area contributed by atoms with E-state index >= 15 is 0 Å². The SMILES string of the molecule is CC(NC(C)c1ccc2ccccc2c1O)c1nn[nH]n1. The maximum absolute atomic E-state index is 10.5. The quantitative estimate of drug-likeness (QED) is 0.684. The number of aromatic amines is 1. The Labute approximate surface area is 122 Å². The third-order valence-corrected chi connectivity index (χ3v) is 3.65. The first-order valence-corrected chi connectivity index (χ1v) is 6.87. The molecule has 3 aromatic rings. The zero-order valence-corrected chi connectivity index (χ0v) is 11.9. The predicted molar refractivity (Wildman–Crippen MR) is 79.8 cm³/mol. The first kappa shape index (κ1) is 13.5. The molecular formula is C15H17N5O. The third-order valence-electron chi connectivity index (χ3n) is 3.65. The molecule has 1 heterocycles. The molecule has 0 saturated carbocycles. The summed E-state index contributed by atoms with van der Waals surface area (Å²) in [6.07, 6.45) is 0. The second-order valence-corrected chi connectivity index (χ2v) is 5.10. The fourth-order valence-electron chi connectivity index (χ4n) is 2.51. The van der Waals surface area contributed by atoms with Gasteiger partial charge < -0.3 is 10.4 Å². The van der Waals surface area contributed by atoms with Gasteiger partial charge in [-0.15, -0.1) is 10.2 Å². The predicted octanol–water partition coefficient (Wildman–Crippen LogP) is 2.47. The van der Waals surface area contributed by atoms with Crippen LogP contribution in [-0.4, -0.2) is 25.7 Å². The minimum Gasteiger partial charge on any atom is -0.507 e. The summed E-state index contributed by atoms with van der Waals surface area (Å²) in [4.78, 5) is 0. The van der Waals surface area contributed by atoms with E-state index < -0.39 is 0 Å². The van der Waals surface area contributed by atoms with E-state index in [9.17, 15) is 5.11 Å². The van der Waals surface area contributed by atoms with Crippen LogP contribution in [0.4, 0.5) is 0 Å². The third kappa shape index (κ3) is 2.57. The number of rotatable bonds is 4. The number of H-pyrrole nitrogens is 1. The molecule has 3 N–H and O–H groups in total. The van der Waals surface area contributed by atoms with Gasteiger partial charge in [0.2, 0.25) is 0 Å². The maximum Gasteiger partial charge on any atom is 0.191 e. The molecule has 0 fully saturated rings. The molecule has 21 heavy (non-hydrogen) atoms. The van der Waals surface area contributed by atoms with Gasteiger partial charge in [-0.2, -0.15) is 5.21 Å². The van der Waals surface area contributed by atoms with Crippen molar-refractivity contribution in [2.45, 2.75) is 25.9 Å². The van der Waals surface area contributed by atoms with E-state index in [1.165, 1.54) is 0 Å². The summed E-state index contributed by atoms with van der Waals surface area (Å²) in [5.74, 6) is 0.913. The first-order chi connectivity index (χ1) is 10.2. The van der Waals surface area contributed by atoms with Gasteiger partial charge in [-0.25, -0.2) is 0 Å². The summed E-state index contributed by atoms with van der Waals surface area (Å²) in [7, 11) is 0. The fraction of sp³-hybridized carbons (Fsp3) is 0.267. The van der Waals surface area contributed by atoms with Crippen molar-refractivity contribution >= 4 is 10.8 Å². The lowest BCUT2D eigenvalue weighted by atomic mass is 10.0. The molecular weight excluding hydrogens is 266 g/mol. The topological polar surface area (TPSA) is 86.7 Å². The monoisotopic (exact) mass is 283 g/mol. The van der Waals surface area contributed by atoms with E-state index in [2.05, 4.69) is 25.9 Å². The Kier molecular flexibility index (Phi) is 3.53. The Morgan fingerprint density at radius 3 is 2.67 bits per heavy atom. The van der Waals surface area contributed by atoms with Gasteiger partial charge in [0.25, 0.3) is 0 Å². The summed E-state index contributed by atoms with van der Waals surface area (Å²) in [5.41, 5.74) is 0.851. The van der Waals surface area contributed by atoms with Gasteiger partial charge in [-0.1, -0.05) is 41.6 Å². The molecule has 0 saturated heterocycles. The van der Waals surface area contributed by atoms with Crippen LogP contribution in [0.5, 0.6) is 5.75 Å². The molecule has 6 nitrogen and oxygen atoms in total. The Morgan fingerprint density at radius 1 is 1.10 bits per heavy atom. The highest BCUT2D eigenvalue weighted by Crippen LogP contribution is 2.33. The summed E-state index contributed by atoms with van der Waals surface area (Å²) >= 11 is 0. The highest BCUT2D eigenvalue weighted by Gasteiger charge is 2.17. The average Bonchev–Trinajstić information content (AvgIpc) is 3.02. The van der Waals surface area contributed by atoms with Gasteiger partial charge in [0, 0.05) is 17.0 Å². The zero-order chi connectivity index (χ0) is 14.8. The molecule has 0 spiro atoms. The van der Waals surface area contributed by atoms with Gasteiger partial charge in [0.05, 0.1) is 6.04 Å². The van der Waals surface area contributed by atoms with Gasteiger partial charge >= 0.3 is 0 Å². The Bertz CT molecular complexity index is 741. The van der Waals surface area contributed by atoms with Gasteiger partial charge in [-0.3, -0.25) is 0 Å². The van der Waals surface area contributed by atoms with Crippen LogP contribution in [0.15, 0.2) is 36.4 Å². The molecule has 2 atom stereocenters. The largest absolute Gasteiger partial charge is 0.507 e. The number of nitrogens with zero attached hydrogens (tertiary/aromatic N) is 3. The molecule has 108 valence electrons. The zero-order valence-electron chi connectivity index (χ0n) is 11.9. The fourth-order valence-corrected chi connectivity index (χ4v) is 2.51. The maximum atomic E-state index is 10.5. The van der Waals surface area contributed by atoms with E-state index in [4.69, 9.17) is 0 Å². The van der Waals surface area contributed by atoms with Crippen LogP contribution in [0, 0.1) is 0 Å². The normalized spacial score (nSPS) is 14.2. The molecule has 0 bridgehead atoms. The van der Waals surface area contributed by atoms with Crippen LogP contribution in [-0.2, 0) is 0 Å². The van der Waals surface area contributed by atoms with Crippen molar-refractivity contribution in [3.8, 4) is 5.75 Å². The molecule has 0 radical (unpaired) electrons. The number of aromatic nitrogens is 4. The highest BCUT2D eigenvalue weighted by atomic mass is 16.3. The summed E-state index contributed by atoms with van der Waals surface area (Å²) in [5, 5.41) is 29.6. The van der Waals surface area contributed by atoms with E-state index in [1.807, 2.05) is 50.2 Å². The van der Waals surface area contributed by atoms with Crippen LogP contribution in [0.3, 0.4) is 0 Å². The van der Waals surface area contributed by atoms with Crippen LogP contribution in [0.1, 0.15) is 37.3 Å². The number of tetrazole rings is 1. The molecule has 3 rings (SSSR count). The van der Waals surface area contributed by atoms with Gasteiger partial charge in [0.15, 0.2) is 5.82 Å². The second kappa shape index (κ2) is 5.49. The van der Waals surface area contributed by atoms with Crippen molar-refractivity contribution < 1.29 is 5.11 Å². The number of hydrogen-bond acceptors (Lipinski definition) is 5. The van der Waals surface area contributed by atoms with Crippen LogP contribution >= 0.6 is 0 Å². The average molecular weight is 283 g/mol. The number of hydrogen-bond donors (Lipinski definition) is 3. The smallest absolute Gasteiger partial charge is 0.191 e. The molecule has 0 amide bonds. The highest BCUT2D eigenvalue weighted by molar-refractivity contribution is 5.89. The number of phenols is 1. The Hall–Kier alpha value is -2.47. The lowest BCUT2D eigenvalue weighted by molar-refractivity contribution is 0.437. The van der Waals surface area contributed by atoms with E-state index in [0.29, 0.717) is 11.6 Å². The number of benzene rings is 2. The number of phenolic OH excluding ortho intramolecular Hbond substituents is 1. The summed E-state index contributed by atoms with van der Waals surface area (Å²) in [6.45, 7) is 3.96. The molecule has 1 aromatic heterocycles. The van der Waals surface area contributed by atoms with Crippen LogP contribution < -0.4 is 5.32 Å². The van der Waals surface area contributed by atoms with Crippen molar-refractivity contribution in [2.75, 3.05) is 0 Å². The minimum atomic E-state index is -0.0652. The number of fused-ring (bicyclic) bond motifs is 1. The molecule has 2 unspecified atom stereocenters. The van der Waals surface area contributed by atoms with E-state index in [-0.39, 0.29) is 12.1 Å². The Balaban J connectivity index is 1.87. The molecule has 2 aromatic carbocycles. The van der Waals surface area contributed by atoms with Crippen molar-refractivity contribution in [3.63, 3.8) is 0 Å².